The van der Waals surface area contributed by atoms with Gasteiger partial charge in [-0.25, -0.2) is 0 Å². The van der Waals surface area contributed by atoms with Gasteiger partial charge < -0.3 is 19.5 Å². The van der Waals surface area contributed by atoms with Gasteiger partial charge in [-0.1, -0.05) is 6.42 Å². The van der Waals surface area contributed by atoms with Crippen LogP contribution in [0.1, 0.15) is 31.2 Å². The summed E-state index contributed by atoms with van der Waals surface area (Å²) in [4.78, 5) is 1.98. The van der Waals surface area contributed by atoms with Crippen molar-refractivity contribution in [1.82, 2.24) is 4.90 Å². The molecule has 0 amide bonds. The normalized spacial score (nSPS) is 31.3. The van der Waals surface area contributed by atoms with Crippen LogP contribution in [0.2, 0.25) is 0 Å². The van der Waals surface area contributed by atoms with E-state index in [1.54, 1.807) is 0 Å². The number of ether oxygens (including phenoxy) is 2. The van der Waals surface area contributed by atoms with Crippen LogP contribution < -0.4 is 9.47 Å². The summed E-state index contributed by atoms with van der Waals surface area (Å²) in [7, 11) is 5.29. The maximum Gasteiger partial charge on any atom is 0.573 e. The lowest BCUT2D eigenvalue weighted by Gasteiger charge is -2.46. The molecule has 0 radical (unpaired) electrons. The molecule has 4 nitrogen and oxygen atoms in total. The second-order valence-corrected chi connectivity index (χ2v) is 7.85. The van der Waals surface area contributed by atoms with E-state index in [0.29, 0.717) is 30.6 Å². The molecule has 0 aromatic heterocycles. The average Bonchev–Trinajstić information content (AvgIpc) is 2.93. The Labute approximate surface area is 151 Å². The summed E-state index contributed by atoms with van der Waals surface area (Å²) in [6.45, 7) is 0.608. The van der Waals surface area contributed by atoms with Crippen molar-refractivity contribution in [3.63, 3.8) is 0 Å². The van der Waals surface area contributed by atoms with Gasteiger partial charge in [-0.3, -0.25) is 0 Å². The highest BCUT2D eigenvalue weighted by molar-refractivity contribution is 5.45. The molecule has 2 aliphatic carbocycles. The summed E-state index contributed by atoms with van der Waals surface area (Å²) in [5, 5.41) is 11.7. The molecule has 3 unspecified atom stereocenters. The molecule has 3 rings (SSSR count). The number of halogens is 3. The van der Waals surface area contributed by atoms with E-state index in [2.05, 4.69) is 4.74 Å². The molecule has 0 spiro atoms. The molecule has 2 saturated carbocycles. The predicted octanol–water partition coefficient (Wildman–Crippen LogP) is 3.78. The smallest absolute Gasteiger partial charge is 0.497 e. The fourth-order valence-electron chi connectivity index (χ4n) is 4.84. The number of hydrogen-bond donors (Lipinski definition) is 1. The molecule has 1 aromatic carbocycles. The topological polar surface area (TPSA) is 41.9 Å². The Bertz CT molecular complexity index is 649. The molecule has 0 aliphatic heterocycles. The van der Waals surface area contributed by atoms with Gasteiger partial charge in [-0.05, 0) is 63.4 Å². The SMILES string of the molecule is COc1ccc(OC(F)(F)F)c(C2(O)CC3CC[C@@H](C3)C2CN(C)C)c1. The number of benzene rings is 1. The van der Waals surface area contributed by atoms with Crippen LogP contribution in [0.5, 0.6) is 11.5 Å². The molecule has 2 bridgehead atoms. The van der Waals surface area contributed by atoms with Gasteiger partial charge in [0, 0.05) is 18.0 Å². The molecule has 7 heteroatoms. The van der Waals surface area contributed by atoms with E-state index in [9.17, 15) is 18.3 Å². The minimum absolute atomic E-state index is 0.154. The van der Waals surface area contributed by atoms with Crippen molar-refractivity contribution in [3.8, 4) is 11.5 Å². The highest BCUT2D eigenvalue weighted by Crippen LogP contribution is 2.56. The second-order valence-electron chi connectivity index (χ2n) is 7.85. The van der Waals surface area contributed by atoms with E-state index < -0.39 is 12.0 Å². The molecule has 0 saturated heterocycles. The summed E-state index contributed by atoms with van der Waals surface area (Å²) in [5.74, 6) is 0.536. The Hall–Kier alpha value is -1.47. The zero-order valence-electron chi connectivity index (χ0n) is 15.3. The lowest BCUT2D eigenvalue weighted by Crippen LogP contribution is -2.47. The summed E-state index contributed by atoms with van der Waals surface area (Å²) in [6.07, 6.45) is -1.32. The number of aliphatic hydroxyl groups is 1. The van der Waals surface area contributed by atoms with Crippen LogP contribution in [0.25, 0.3) is 0 Å². The zero-order valence-corrected chi connectivity index (χ0v) is 15.3. The van der Waals surface area contributed by atoms with Crippen molar-refractivity contribution in [2.75, 3.05) is 27.7 Å². The number of fused-ring (bicyclic) bond motifs is 2. The first-order valence-electron chi connectivity index (χ1n) is 8.93. The highest BCUT2D eigenvalue weighted by atomic mass is 19.4. The molecule has 1 N–H and O–H groups in total. The number of nitrogens with zero attached hydrogens (tertiary/aromatic N) is 1. The summed E-state index contributed by atoms with van der Waals surface area (Å²) in [6, 6.07) is 4.16. The minimum atomic E-state index is -4.82. The van der Waals surface area contributed by atoms with Crippen LogP contribution >= 0.6 is 0 Å². The van der Waals surface area contributed by atoms with Crippen molar-refractivity contribution in [2.24, 2.45) is 17.8 Å². The molecule has 0 heterocycles. The molecule has 2 fully saturated rings. The van der Waals surface area contributed by atoms with E-state index in [-0.39, 0.29) is 17.2 Å². The number of alkyl halides is 3. The molecule has 2 aliphatic rings. The van der Waals surface area contributed by atoms with Crippen LogP contribution in [0, 0.1) is 17.8 Å². The van der Waals surface area contributed by atoms with Crippen LogP contribution in [0.15, 0.2) is 18.2 Å². The van der Waals surface area contributed by atoms with Gasteiger partial charge >= 0.3 is 6.36 Å². The van der Waals surface area contributed by atoms with Gasteiger partial charge in [0.1, 0.15) is 11.5 Å². The van der Waals surface area contributed by atoms with Gasteiger partial charge in [-0.15, -0.1) is 13.2 Å². The Morgan fingerprint density at radius 3 is 2.62 bits per heavy atom. The predicted molar refractivity (Wildman–Crippen MR) is 91.1 cm³/mol. The lowest BCUT2D eigenvalue weighted by molar-refractivity contribution is -0.275. The first kappa shape index (κ1) is 19.3. The first-order chi connectivity index (χ1) is 12.1. The van der Waals surface area contributed by atoms with Crippen molar-refractivity contribution < 1.29 is 27.8 Å². The number of methoxy groups -OCH3 is 1. The Morgan fingerprint density at radius 1 is 1.27 bits per heavy atom. The van der Waals surface area contributed by atoms with Gasteiger partial charge in [0.25, 0.3) is 0 Å². The molecule has 4 atom stereocenters. The zero-order chi connectivity index (χ0) is 19.1. The third-order valence-corrected chi connectivity index (χ3v) is 5.80. The van der Waals surface area contributed by atoms with Gasteiger partial charge in [0.05, 0.1) is 12.7 Å². The molecule has 26 heavy (non-hydrogen) atoms. The summed E-state index contributed by atoms with van der Waals surface area (Å²) < 4.78 is 48.2. The Balaban J connectivity index is 2.08. The fourth-order valence-corrected chi connectivity index (χ4v) is 4.84. The Morgan fingerprint density at radius 2 is 2.00 bits per heavy atom. The molecular weight excluding hydrogens is 347 g/mol. The standard InChI is InChI=1S/C19H26F3NO3/c1-23(2)11-16-13-5-4-12(8-13)10-18(16,24)15-9-14(25-3)6-7-17(15)26-19(20,21)22/h6-7,9,12-13,16,24H,4-5,8,10-11H2,1-3H3/t12?,13-,16?,18?/m0/s1. The maximum absolute atomic E-state index is 12.9. The minimum Gasteiger partial charge on any atom is -0.497 e. The van der Waals surface area contributed by atoms with Gasteiger partial charge in [-0.2, -0.15) is 0 Å². The summed E-state index contributed by atoms with van der Waals surface area (Å²) >= 11 is 0. The molecule has 1 aromatic rings. The second kappa shape index (κ2) is 6.93. The van der Waals surface area contributed by atoms with Crippen LogP contribution in [-0.2, 0) is 5.60 Å². The van der Waals surface area contributed by atoms with Crippen molar-refractivity contribution in [1.29, 1.82) is 0 Å². The quantitative estimate of drug-likeness (QED) is 0.853. The van der Waals surface area contributed by atoms with Gasteiger partial charge in [0.2, 0.25) is 0 Å². The van der Waals surface area contributed by atoms with Crippen LogP contribution in [-0.4, -0.2) is 44.1 Å². The van der Waals surface area contributed by atoms with Crippen LogP contribution in [0.4, 0.5) is 13.2 Å². The summed E-state index contributed by atoms with van der Waals surface area (Å²) in [5.41, 5.74) is -1.19. The van der Waals surface area contributed by atoms with E-state index in [4.69, 9.17) is 4.74 Å². The monoisotopic (exact) mass is 373 g/mol. The third kappa shape index (κ3) is 3.78. The molecule has 146 valence electrons. The number of rotatable bonds is 5. The average molecular weight is 373 g/mol. The molecular formula is C19H26F3NO3. The van der Waals surface area contributed by atoms with Crippen molar-refractivity contribution in [3.05, 3.63) is 23.8 Å². The van der Waals surface area contributed by atoms with E-state index in [0.717, 1.165) is 19.3 Å². The maximum atomic E-state index is 12.9. The largest absolute Gasteiger partial charge is 0.573 e. The third-order valence-electron chi connectivity index (χ3n) is 5.80. The first-order valence-corrected chi connectivity index (χ1v) is 8.93. The van der Waals surface area contributed by atoms with E-state index >= 15 is 0 Å². The van der Waals surface area contributed by atoms with E-state index in [1.165, 1.54) is 25.3 Å². The highest BCUT2D eigenvalue weighted by Gasteiger charge is 2.53. The van der Waals surface area contributed by atoms with Crippen molar-refractivity contribution in [2.45, 2.75) is 37.6 Å². The van der Waals surface area contributed by atoms with E-state index in [1.807, 2.05) is 19.0 Å². The van der Waals surface area contributed by atoms with Crippen LogP contribution in [0.3, 0.4) is 0 Å². The Kier molecular flexibility index (Phi) is 5.14. The number of hydrogen-bond acceptors (Lipinski definition) is 4. The fraction of sp³-hybridized carbons (Fsp3) is 0.684. The lowest BCUT2D eigenvalue weighted by atomic mass is 9.65. The van der Waals surface area contributed by atoms with Gasteiger partial charge in [0.15, 0.2) is 0 Å². The van der Waals surface area contributed by atoms with Crippen molar-refractivity contribution >= 4 is 0 Å².